The van der Waals surface area contributed by atoms with Crippen molar-refractivity contribution in [2.45, 2.75) is 41.5 Å². The average molecular weight is 352 g/mol. The van der Waals surface area contributed by atoms with Crippen LogP contribution in [-0.4, -0.2) is 21.6 Å². The van der Waals surface area contributed by atoms with Crippen molar-refractivity contribution in [2.24, 2.45) is 0 Å². The van der Waals surface area contributed by atoms with Gasteiger partial charge in [-0.3, -0.25) is 0 Å². The van der Waals surface area contributed by atoms with Gasteiger partial charge in [-0.15, -0.1) is 0 Å². The number of aryl methyl sites for hydroxylation is 4. The Morgan fingerprint density at radius 3 is 2.12 bits per heavy atom. The predicted molar refractivity (Wildman–Crippen MR) is 104 cm³/mol. The van der Waals surface area contributed by atoms with E-state index in [0.717, 1.165) is 33.4 Å². The maximum Gasteiger partial charge on any atom is 0.737 e. The van der Waals surface area contributed by atoms with Crippen LogP contribution in [0.5, 0.6) is 0 Å². The number of hydrogen-bond acceptors (Lipinski definition) is 0. The first-order valence-corrected chi connectivity index (χ1v) is 8.98. The van der Waals surface area contributed by atoms with Gasteiger partial charge in [-0.1, -0.05) is 29.3 Å². The van der Waals surface area contributed by atoms with Crippen molar-refractivity contribution in [1.82, 2.24) is 4.48 Å². The Labute approximate surface area is 153 Å². The van der Waals surface area contributed by atoms with Crippen molar-refractivity contribution in [2.75, 3.05) is 0 Å². The summed E-state index contributed by atoms with van der Waals surface area (Å²) in [7, 11) is 0. The number of hydrogen-bond donors (Lipinski definition) is 0. The molecule has 0 aliphatic carbocycles. The van der Waals surface area contributed by atoms with Crippen molar-refractivity contribution in [3.05, 3.63) is 75.3 Å². The van der Waals surface area contributed by atoms with E-state index in [0.29, 0.717) is 22.8 Å². The first-order chi connectivity index (χ1) is 12.1. The first-order valence-electron chi connectivity index (χ1n) is 8.98. The molecular formula is C21H23BF2N2. The molecule has 0 radical (unpaired) electrons. The van der Waals surface area contributed by atoms with Gasteiger partial charge < -0.3 is 17.6 Å². The zero-order valence-electron chi connectivity index (χ0n) is 16.1. The highest BCUT2D eigenvalue weighted by atomic mass is 19.2. The molecule has 0 saturated carbocycles. The lowest BCUT2D eigenvalue weighted by Crippen LogP contribution is -2.51. The Balaban J connectivity index is 2.19. The first kappa shape index (κ1) is 17.0. The molecule has 1 aromatic carbocycles. The molecule has 0 atom stereocenters. The van der Waals surface area contributed by atoms with Crippen LogP contribution in [0.4, 0.5) is 8.63 Å². The lowest BCUT2D eigenvalue weighted by atomic mass is 9.83. The van der Waals surface area contributed by atoms with E-state index in [1.54, 1.807) is 13.8 Å². The van der Waals surface area contributed by atoms with Crippen LogP contribution >= 0.6 is 0 Å². The Morgan fingerprint density at radius 2 is 1.50 bits per heavy atom. The second-order valence-electron chi connectivity index (χ2n) is 7.71. The average Bonchev–Trinajstić information content (AvgIpc) is 2.96. The van der Waals surface area contributed by atoms with Crippen molar-refractivity contribution in [3.63, 3.8) is 0 Å². The Bertz CT molecular complexity index is 1050. The molecule has 134 valence electrons. The molecule has 0 amide bonds. The maximum absolute atomic E-state index is 15.6. The molecule has 26 heavy (non-hydrogen) atoms. The Hall–Kier alpha value is -2.43. The quantitative estimate of drug-likeness (QED) is 0.627. The lowest BCUT2D eigenvalue weighted by molar-refractivity contribution is -0.363. The van der Waals surface area contributed by atoms with E-state index < -0.39 is 6.97 Å². The number of allylic oxidation sites excluding steroid dienone is 2. The van der Waals surface area contributed by atoms with Gasteiger partial charge in [0.25, 0.3) is 0 Å². The minimum absolute atomic E-state index is 0.598. The van der Waals surface area contributed by atoms with E-state index in [-0.39, 0.29) is 0 Å². The third-order valence-corrected chi connectivity index (χ3v) is 5.44. The number of fused-ring (bicyclic) bond motifs is 2. The highest BCUT2D eigenvalue weighted by molar-refractivity contribution is 6.58. The topological polar surface area (TPSA) is 7.94 Å². The largest absolute Gasteiger partial charge is 0.737 e. The van der Waals surface area contributed by atoms with Gasteiger partial charge in [0.15, 0.2) is 5.70 Å². The summed E-state index contributed by atoms with van der Waals surface area (Å²) in [6.45, 7) is 7.57. The lowest BCUT2D eigenvalue weighted by Gasteiger charge is -2.34. The van der Waals surface area contributed by atoms with E-state index in [9.17, 15) is 0 Å². The van der Waals surface area contributed by atoms with Gasteiger partial charge in [0.2, 0.25) is 0 Å². The molecule has 0 bridgehead atoms. The number of nitrogens with zero attached hydrogens (tertiary/aromatic N) is 2. The molecule has 2 aromatic rings. The van der Waals surface area contributed by atoms with Crippen LogP contribution in [0, 0.1) is 27.7 Å². The standard InChI is InChI=1S/C21H23BF2N2/c1-12-7-13(2)9-18(8-12)19-20-14(3)10-16(5)25(20)22(23,24)26-17(6)11-15(4)21(19)26/h7-11H,1-6H3. The summed E-state index contributed by atoms with van der Waals surface area (Å²) in [5.41, 5.74) is 8.44. The summed E-state index contributed by atoms with van der Waals surface area (Å²) >= 11 is 0. The van der Waals surface area contributed by atoms with Crippen LogP contribution in [-0.2, 0) is 0 Å². The predicted octanol–water partition coefficient (Wildman–Crippen LogP) is 5.15. The van der Waals surface area contributed by atoms with E-state index in [1.165, 1.54) is 8.96 Å². The summed E-state index contributed by atoms with van der Waals surface area (Å²) in [5, 5.41) is 0. The van der Waals surface area contributed by atoms with Gasteiger partial charge in [0, 0.05) is 24.3 Å². The molecule has 5 heteroatoms. The molecule has 0 saturated heterocycles. The van der Waals surface area contributed by atoms with Crippen LogP contribution in [0.25, 0.3) is 5.57 Å². The van der Waals surface area contributed by atoms with Gasteiger partial charge in [-0.05, 0) is 57.5 Å². The molecule has 4 rings (SSSR count). The SMILES string of the molecule is CC1=CC(C)=[N+]2C1=C(c1cc(C)cc(C)c1)c1c(C)cc(C)n1[B-]2(F)F. The molecule has 2 nitrogen and oxygen atoms in total. The molecule has 2 aliphatic heterocycles. The molecule has 0 N–H and O–H groups in total. The molecule has 0 fully saturated rings. The second-order valence-corrected chi connectivity index (χ2v) is 7.71. The summed E-state index contributed by atoms with van der Waals surface area (Å²) in [6.07, 6.45) is 1.87. The second kappa shape index (κ2) is 5.29. The van der Waals surface area contributed by atoms with Crippen LogP contribution in [0.2, 0.25) is 0 Å². The maximum atomic E-state index is 15.6. The number of halogens is 2. The zero-order valence-corrected chi connectivity index (χ0v) is 16.1. The number of aromatic nitrogens is 1. The van der Waals surface area contributed by atoms with Gasteiger partial charge >= 0.3 is 6.97 Å². The monoisotopic (exact) mass is 352 g/mol. The van der Waals surface area contributed by atoms with Crippen LogP contribution in [0.3, 0.4) is 0 Å². The molecule has 0 spiro atoms. The smallest absolute Gasteiger partial charge is 0.393 e. The summed E-state index contributed by atoms with van der Waals surface area (Å²) < 4.78 is 33.6. The van der Waals surface area contributed by atoms with Crippen molar-refractivity contribution in [3.8, 4) is 0 Å². The molecule has 0 unspecified atom stereocenters. The van der Waals surface area contributed by atoms with Gasteiger partial charge in [0.05, 0.1) is 5.57 Å². The molecule has 3 heterocycles. The number of benzene rings is 1. The van der Waals surface area contributed by atoms with Crippen LogP contribution in [0.1, 0.15) is 47.5 Å². The molecule has 1 aromatic heterocycles. The van der Waals surface area contributed by atoms with E-state index in [2.05, 4.69) is 18.2 Å². The fourth-order valence-electron chi connectivity index (χ4n) is 4.69. The van der Waals surface area contributed by atoms with Crippen molar-refractivity contribution in [1.29, 1.82) is 0 Å². The summed E-state index contributed by atoms with van der Waals surface area (Å²) in [4.78, 5) is 0. The zero-order chi connectivity index (χ0) is 19.0. The highest BCUT2D eigenvalue weighted by Gasteiger charge is 2.55. The number of rotatable bonds is 1. The van der Waals surface area contributed by atoms with E-state index in [4.69, 9.17) is 0 Å². The fourth-order valence-corrected chi connectivity index (χ4v) is 4.69. The summed E-state index contributed by atoms with van der Waals surface area (Å²) in [5.74, 6) is 0. The highest BCUT2D eigenvalue weighted by Crippen LogP contribution is 2.44. The van der Waals surface area contributed by atoms with Gasteiger partial charge in [-0.25, -0.2) is 0 Å². The Kier molecular flexibility index (Phi) is 3.46. The van der Waals surface area contributed by atoms with E-state index in [1.807, 2.05) is 39.8 Å². The van der Waals surface area contributed by atoms with Crippen LogP contribution < -0.4 is 0 Å². The van der Waals surface area contributed by atoms with Crippen LogP contribution in [0.15, 0.2) is 41.6 Å². The van der Waals surface area contributed by atoms with Gasteiger partial charge in [-0.2, -0.15) is 0 Å². The minimum atomic E-state index is -3.91. The normalized spacial score (nSPS) is 18.2. The third-order valence-electron chi connectivity index (χ3n) is 5.44. The minimum Gasteiger partial charge on any atom is -0.393 e. The van der Waals surface area contributed by atoms with Crippen molar-refractivity contribution >= 4 is 18.3 Å². The Morgan fingerprint density at radius 1 is 0.885 bits per heavy atom. The van der Waals surface area contributed by atoms with E-state index >= 15 is 8.63 Å². The molecule has 2 aliphatic rings. The summed E-state index contributed by atoms with van der Waals surface area (Å²) in [6, 6.07) is 8.17. The van der Waals surface area contributed by atoms with Crippen molar-refractivity contribution < 1.29 is 13.1 Å². The molecular weight excluding hydrogens is 329 g/mol. The third kappa shape index (κ3) is 2.12. The van der Waals surface area contributed by atoms with Gasteiger partial charge in [0.1, 0.15) is 5.71 Å². The fraction of sp³-hybridized carbons (Fsp3) is 0.286.